The first kappa shape index (κ1) is 26.6. The molecule has 1 aliphatic heterocycles. The number of fused-ring (bicyclic) bond motifs is 1. The summed E-state index contributed by atoms with van der Waals surface area (Å²) in [4.78, 5) is 13.1. The minimum atomic E-state index is -2.55. The van der Waals surface area contributed by atoms with Gasteiger partial charge in [0.1, 0.15) is 0 Å². The van der Waals surface area contributed by atoms with Crippen LogP contribution >= 0.6 is 0 Å². The first-order valence-corrected chi connectivity index (χ1v) is 15.8. The lowest BCUT2D eigenvalue weighted by Crippen LogP contribution is -2.66. The summed E-state index contributed by atoms with van der Waals surface area (Å²) in [7, 11) is -2.55. The van der Waals surface area contributed by atoms with Crippen molar-refractivity contribution in [3.8, 4) is 0 Å². The third kappa shape index (κ3) is 5.42. The van der Waals surface area contributed by atoms with Gasteiger partial charge in [-0.3, -0.25) is 9.36 Å². The Morgan fingerprint density at radius 1 is 0.868 bits per heavy atom. The fourth-order valence-electron chi connectivity index (χ4n) is 6.04. The molecule has 0 aliphatic carbocycles. The van der Waals surface area contributed by atoms with Gasteiger partial charge in [0.15, 0.2) is 0 Å². The number of hydrogen-bond acceptors (Lipinski definition) is 3. The molecule has 0 N–H and O–H groups in total. The Hall–Kier alpha value is -2.99. The molecule has 3 aromatic carbocycles. The van der Waals surface area contributed by atoms with Gasteiger partial charge in [-0.15, -0.1) is 0 Å². The van der Waals surface area contributed by atoms with Gasteiger partial charge in [0.05, 0.1) is 24.1 Å². The van der Waals surface area contributed by atoms with Gasteiger partial charge in [0.2, 0.25) is 5.91 Å². The number of nitrogens with zero attached hydrogens (tertiary/aromatic N) is 1. The van der Waals surface area contributed by atoms with Gasteiger partial charge >= 0.3 is 0 Å². The van der Waals surface area contributed by atoms with E-state index in [1.54, 1.807) is 4.57 Å². The largest absolute Gasteiger partial charge is 0.407 e. The quantitative estimate of drug-likeness (QED) is 0.244. The summed E-state index contributed by atoms with van der Waals surface area (Å²) in [5.74, 6) is 0.0976. The third-order valence-corrected chi connectivity index (χ3v) is 12.9. The molecule has 0 spiro atoms. The van der Waals surface area contributed by atoms with E-state index in [0.29, 0.717) is 13.0 Å². The Morgan fingerprint density at radius 2 is 1.47 bits per heavy atom. The summed E-state index contributed by atoms with van der Waals surface area (Å²) in [6.07, 6.45) is 6.21. The molecule has 0 unspecified atom stereocenters. The van der Waals surface area contributed by atoms with Crippen molar-refractivity contribution in [3.63, 3.8) is 0 Å². The molecule has 1 aliphatic rings. The lowest BCUT2D eigenvalue weighted by Gasteiger charge is -2.43. The molecule has 1 saturated heterocycles. The molecule has 2 heterocycles. The summed E-state index contributed by atoms with van der Waals surface area (Å²) in [5.41, 5.74) is 0.962. The maximum Gasteiger partial charge on any atom is 0.261 e. The molecule has 4 aromatic rings. The van der Waals surface area contributed by atoms with Crippen molar-refractivity contribution in [2.24, 2.45) is 0 Å². The Balaban J connectivity index is 1.27. The summed E-state index contributed by atoms with van der Waals surface area (Å²) >= 11 is 0. The summed E-state index contributed by atoms with van der Waals surface area (Å²) in [5, 5.41) is 3.64. The predicted molar refractivity (Wildman–Crippen MR) is 158 cm³/mol. The number of carbonyl (C=O) groups is 1. The van der Waals surface area contributed by atoms with Crippen LogP contribution in [0.1, 0.15) is 57.7 Å². The second kappa shape index (κ2) is 11.4. The smallest absolute Gasteiger partial charge is 0.261 e. The van der Waals surface area contributed by atoms with Crippen LogP contribution in [0.5, 0.6) is 0 Å². The van der Waals surface area contributed by atoms with Crippen LogP contribution in [0.2, 0.25) is 5.04 Å². The first-order valence-electron chi connectivity index (χ1n) is 13.9. The predicted octanol–water partition coefficient (Wildman–Crippen LogP) is 6.58. The van der Waals surface area contributed by atoms with Gasteiger partial charge in [-0.05, 0) is 53.2 Å². The third-order valence-electron chi connectivity index (χ3n) is 7.88. The summed E-state index contributed by atoms with van der Waals surface area (Å²) in [6, 6.07) is 31.6. The Kier molecular flexibility index (Phi) is 7.98. The van der Waals surface area contributed by atoms with Gasteiger partial charge in [-0.25, -0.2) is 0 Å². The normalized spacial score (nSPS) is 18.5. The van der Waals surface area contributed by atoms with Gasteiger partial charge in [-0.2, -0.15) is 0 Å². The van der Waals surface area contributed by atoms with Crippen LogP contribution in [-0.4, -0.2) is 37.6 Å². The molecule has 1 aromatic heterocycles. The van der Waals surface area contributed by atoms with Crippen molar-refractivity contribution < 1.29 is 14.0 Å². The molecule has 0 radical (unpaired) electrons. The zero-order valence-corrected chi connectivity index (χ0v) is 23.8. The number of aromatic nitrogens is 1. The van der Waals surface area contributed by atoms with Gasteiger partial charge < -0.3 is 9.16 Å². The maximum absolute atomic E-state index is 13.1. The van der Waals surface area contributed by atoms with E-state index < -0.39 is 8.32 Å². The minimum absolute atomic E-state index is 0.0440. The first-order chi connectivity index (χ1) is 18.4. The minimum Gasteiger partial charge on any atom is -0.407 e. The highest BCUT2D eigenvalue weighted by Gasteiger charge is 2.50. The zero-order chi connectivity index (χ0) is 26.6. The molecule has 0 amide bonds. The number of para-hydroxylation sites is 1. The molecule has 38 heavy (non-hydrogen) atoms. The Morgan fingerprint density at radius 3 is 2.13 bits per heavy atom. The van der Waals surface area contributed by atoms with Gasteiger partial charge in [0.25, 0.3) is 8.32 Å². The molecule has 5 heteroatoms. The topological polar surface area (TPSA) is 40.5 Å². The lowest BCUT2D eigenvalue weighted by molar-refractivity contribution is -0.0574. The average molecular weight is 526 g/mol. The Bertz CT molecular complexity index is 1300. The van der Waals surface area contributed by atoms with E-state index in [0.717, 1.165) is 36.6 Å². The summed E-state index contributed by atoms with van der Waals surface area (Å²) < 4.78 is 15.3. The number of benzene rings is 3. The molecule has 0 saturated carbocycles. The average Bonchev–Trinajstić information content (AvgIpc) is 3.36. The van der Waals surface area contributed by atoms with E-state index in [1.165, 1.54) is 10.4 Å². The van der Waals surface area contributed by atoms with E-state index in [9.17, 15) is 4.79 Å². The van der Waals surface area contributed by atoms with Gasteiger partial charge in [-0.1, -0.05) is 99.6 Å². The van der Waals surface area contributed by atoms with Crippen molar-refractivity contribution in [2.75, 3.05) is 6.61 Å². The molecule has 0 bridgehead atoms. The van der Waals surface area contributed by atoms with Crippen LogP contribution in [0.4, 0.5) is 0 Å². The number of carbonyl (C=O) groups excluding carboxylic acids is 1. The van der Waals surface area contributed by atoms with E-state index in [4.69, 9.17) is 9.16 Å². The SMILES string of the molecule is CC(C)(C)[Si](OCC[C@H]1CCC[C@@H](CC(=O)n2ccc3ccccc32)O1)(c1ccccc1)c1ccccc1. The summed E-state index contributed by atoms with van der Waals surface area (Å²) in [6.45, 7) is 7.57. The molecule has 4 nitrogen and oxygen atoms in total. The van der Waals surface area contributed by atoms with Crippen molar-refractivity contribution in [3.05, 3.63) is 97.2 Å². The van der Waals surface area contributed by atoms with E-state index in [-0.39, 0.29) is 23.2 Å². The van der Waals surface area contributed by atoms with Crippen molar-refractivity contribution in [1.82, 2.24) is 4.57 Å². The van der Waals surface area contributed by atoms with Crippen molar-refractivity contribution in [1.29, 1.82) is 0 Å². The van der Waals surface area contributed by atoms with Crippen LogP contribution < -0.4 is 10.4 Å². The number of rotatable bonds is 8. The molecule has 5 rings (SSSR count). The fraction of sp³-hybridized carbons (Fsp3) is 0.364. The lowest BCUT2D eigenvalue weighted by atomic mass is 10.00. The van der Waals surface area contributed by atoms with E-state index in [2.05, 4.69) is 81.4 Å². The maximum atomic E-state index is 13.1. The monoisotopic (exact) mass is 525 g/mol. The van der Waals surface area contributed by atoms with Crippen LogP contribution in [0.3, 0.4) is 0 Å². The highest BCUT2D eigenvalue weighted by Crippen LogP contribution is 2.37. The van der Waals surface area contributed by atoms with Crippen molar-refractivity contribution in [2.45, 2.75) is 70.1 Å². The van der Waals surface area contributed by atoms with Crippen LogP contribution in [0, 0.1) is 0 Å². The zero-order valence-electron chi connectivity index (χ0n) is 22.8. The molecular weight excluding hydrogens is 486 g/mol. The second-order valence-corrected chi connectivity index (χ2v) is 15.8. The van der Waals surface area contributed by atoms with E-state index in [1.807, 2.05) is 36.5 Å². The van der Waals surface area contributed by atoms with E-state index >= 15 is 0 Å². The van der Waals surface area contributed by atoms with Crippen molar-refractivity contribution >= 4 is 35.5 Å². The van der Waals surface area contributed by atoms with Crippen LogP contribution in [0.25, 0.3) is 10.9 Å². The fourth-order valence-corrected chi connectivity index (χ4v) is 10.6. The molecular formula is C33H39NO3Si. The molecule has 198 valence electrons. The highest BCUT2D eigenvalue weighted by molar-refractivity contribution is 6.99. The molecule has 1 fully saturated rings. The van der Waals surface area contributed by atoms with Crippen LogP contribution in [-0.2, 0) is 9.16 Å². The Labute approximate surface area is 227 Å². The van der Waals surface area contributed by atoms with Crippen LogP contribution in [0.15, 0.2) is 97.2 Å². The molecule has 2 atom stereocenters. The van der Waals surface area contributed by atoms with Gasteiger partial charge in [0, 0.05) is 18.2 Å². The number of hydrogen-bond donors (Lipinski definition) is 0. The number of ether oxygens (including phenoxy) is 1. The standard InChI is InChI=1S/C33H39NO3Si/c1-33(2,3)38(29-16-6-4-7-17-29,30-18-8-5-9-19-30)36-24-22-27-14-12-15-28(37-27)25-32(35)34-23-21-26-13-10-11-20-31(26)34/h4-11,13,16-21,23,27-28H,12,14-15,22,24-25H2,1-3H3/t27-,28+/m1/s1. The highest BCUT2D eigenvalue weighted by atomic mass is 28.4. The second-order valence-electron chi connectivity index (χ2n) is 11.5.